The fourth-order valence-electron chi connectivity index (χ4n) is 3.87. The van der Waals surface area contributed by atoms with Gasteiger partial charge in [-0.05, 0) is 42.8 Å². The number of aliphatic imine (C=N–C) groups is 1. The molecule has 1 atom stereocenters. The Bertz CT molecular complexity index is 1450. The molecular weight excluding hydrogens is 496 g/mol. The first-order chi connectivity index (χ1) is 18.8. The topological polar surface area (TPSA) is 139 Å². The number of carbonyl (C=O) groups is 1. The number of ether oxygens (including phenoxy) is 3. The minimum Gasteiger partial charge on any atom is -0.490 e. The molecule has 4 rings (SSSR count). The van der Waals surface area contributed by atoms with Gasteiger partial charge in [-0.15, -0.1) is 0 Å². The van der Waals surface area contributed by atoms with Gasteiger partial charge in [0.15, 0.2) is 11.5 Å². The van der Waals surface area contributed by atoms with E-state index in [0.717, 1.165) is 5.56 Å². The number of hydrazine groups is 1. The number of hydrogen-bond acceptors (Lipinski definition) is 9. The molecule has 0 aromatic heterocycles. The molecule has 200 valence electrons. The Kier molecular flexibility index (Phi) is 8.33. The average molecular weight is 527 g/mol. The monoisotopic (exact) mass is 526 g/mol. The minimum atomic E-state index is -1.09. The molecule has 0 fully saturated rings. The molecule has 10 nitrogen and oxygen atoms in total. The zero-order valence-corrected chi connectivity index (χ0v) is 22.0. The van der Waals surface area contributed by atoms with Crippen LogP contribution >= 0.6 is 0 Å². The van der Waals surface area contributed by atoms with E-state index in [1.54, 1.807) is 56.6 Å². The number of nitriles is 1. The van der Waals surface area contributed by atoms with Crippen molar-refractivity contribution in [1.82, 2.24) is 9.91 Å². The van der Waals surface area contributed by atoms with Crippen LogP contribution in [0.5, 0.6) is 17.2 Å². The minimum absolute atomic E-state index is 0.102. The highest BCUT2D eigenvalue weighted by Crippen LogP contribution is 2.32. The third-order valence-corrected chi connectivity index (χ3v) is 5.80. The van der Waals surface area contributed by atoms with Crippen molar-refractivity contribution in [2.24, 2.45) is 16.6 Å². The van der Waals surface area contributed by atoms with Crippen LogP contribution in [-0.2, 0) is 6.42 Å². The number of nitrogens with zero attached hydrogens (tertiary/aromatic N) is 4. The standard InChI is InChI=1S/C29H30N6O4/c1-4-37-24-14-13-20(18-30)16-25(24)39-29-33-23(15-19-9-6-5-7-10-19)26(31)28(35(29)32)38-22-12-8-11-21(17-22)27(36)34(2)3/h5-14,16-17,29H,4,15,31-32H2,1-3H3. The molecule has 3 aromatic carbocycles. The van der Waals surface area contributed by atoms with Gasteiger partial charge in [0.25, 0.3) is 12.3 Å². The summed E-state index contributed by atoms with van der Waals surface area (Å²) in [5, 5.41) is 10.6. The van der Waals surface area contributed by atoms with Crippen LogP contribution in [0.25, 0.3) is 0 Å². The zero-order valence-electron chi connectivity index (χ0n) is 22.0. The molecule has 0 radical (unpaired) electrons. The van der Waals surface area contributed by atoms with Crippen LogP contribution in [-0.4, -0.2) is 48.6 Å². The molecule has 0 aliphatic carbocycles. The van der Waals surface area contributed by atoms with Gasteiger partial charge in [0, 0.05) is 32.1 Å². The summed E-state index contributed by atoms with van der Waals surface area (Å²) >= 11 is 0. The largest absolute Gasteiger partial charge is 0.490 e. The van der Waals surface area contributed by atoms with Crippen molar-refractivity contribution in [3.63, 3.8) is 0 Å². The first-order valence-corrected chi connectivity index (χ1v) is 12.3. The number of hydrogen-bond donors (Lipinski definition) is 2. The maximum atomic E-state index is 12.5. The van der Waals surface area contributed by atoms with Crippen molar-refractivity contribution in [3.8, 4) is 23.3 Å². The molecule has 1 heterocycles. The molecule has 1 aliphatic heterocycles. The van der Waals surface area contributed by atoms with Crippen LogP contribution in [0.4, 0.5) is 0 Å². The zero-order chi connectivity index (χ0) is 27.9. The molecule has 1 aliphatic rings. The van der Waals surface area contributed by atoms with Crippen molar-refractivity contribution < 1.29 is 19.0 Å². The van der Waals surface area contributed by atoms with E-state index in [1.165, 1.54) is 9.91 Å². The van der Waals surface area contributed by atoms with Crippen LogP contribution in [0.1, 0.15) is 28.4 Å². The highest BCUT2D eigenvalue weighted by molar-refractivity contribution is 6.01. The van der Waals surface area contributed by atoms with Gasteiger partial charge in [0.1, 0.15) is 11.4 Å². The Morgan fingerprint density at radius 3 is 2.54 bits per heavy atom. The van der Waals surface area contributed by atoms with E-state index in [0.29, 0.717) is 41.4 Å². The molecule has 1 unspecified atom stereocenters. The lowest BCUT2D eigenvalue weighted by Gasteiger charge is -2.33. The van der Waals surface area contributed by atoms with Gasteiger partial charge < -0.3 is 24.8 Å². The predicted molar refractivity (Wildman–Crippen MR) is 147 cm³/mol. The lowest BCUT2D eigenvalue weighted by Crippen LogP contribution is -2.49. The van der Waals surface area contributed by atoms with E-state index < -0.39 is 6.35 Å². The molecule has 1 amide bonds. The number of nitrogens with two attached hydrogens (primary N) is 2. The molecule has 0 spiro atoms. The van der Waals surface area contributed by atoms with Crippen LogP contribution in [0.15, 0.2) is 89.4 Å². The predicted octanol–water partition coefficient (Wildman–Crippen LogP) is 3.40. The first-order valence-electron chi connectivity index (χ1n) is 12.3. The highest BCUT2D eigenvalue weighted by Gasteiger charge is 2.32. The Morgan fingerprint density at radius 2 is 1.85 bits per heavy atom. The van der Waals surface area contributed by atoms with Gasteiger partial charge in [-0.2, -0.15) is 5.26 Å². The van der Waals surface area contributed by atoms with Gasteiger partial charge in [-0.1, -0.05) is 36.4 Å². The Morgan fingerprint density at radius 1 is 1.08 bits per heavy atom. The average Bonchev–Trinajstić information content (AvgIpc) is 2.94. The summed E-state index contributed by atoms with van der Waals surface area (Å²) in [6, 6.07) is 23.4. The van der Waals surface area contributed by atoms with Gasteiger partial charge in [0.05, 0.1) is 24.0 Å². The third kappa shape index (κ3) is 6.29. The van der Waals surface area contributed by atoms with Crippen molar-refractivity contribution in [3.05, 3.63) is 101 Å². The second-order valence-corrected chi connectivity index (χ2v) is 8.84. The first kappa shape index (κ1) is 27.0. The van der Waals surface area contributed by atoms with Gasteiger partial charge in [0.2, 0.25) is 5.88 Å². The molecule has 0 saturated carbocycles. The molecule has 4 N–H and O–H groups in total. The summed E-state index contributed by atoms with van der Waals surface area (Å²) in [7, 11) is 3.34. The molecule has 0 saturated heterocycles. The fraction of sp³-hybridized carbons (Fsp3) is 0.207. The maximum absolute atomic E-state index is 12.5. The van der Waals surface area contributed by atoms with Gasteiger partial charge >= 0.3 is 0 Å². The smallest absolute Gasteiger partial charge is 0.286 e. The van der Waals surface area contributed by atoms with Crippen LogP contribution < -0.4 is 25.8 Å². The summed E-state index contributed by atoms with van der Waals surface area (Å²) in [5.41, 5.74) is 9.06. The number of amides is 1. The van der Waals surface area contributed by atoms with Crippen LogP contribution in [0.3, 0.4) is 0 Å². The van der Waals surface area contributed by atoms with E-state index in [2.05, 4.69) is 11.1 Å². The van der Waals surface area contributed by atoms with E-state index in [4.69, 9.17) is 25.8 Å². The number of benzene rings is 3. The summed E-state index contributed by atoms with van der Waals surface area (Å²) < 4.78 is 18.0. The van der Waals surface area contributed by atoms with E-state index in [-0.39, 0.29) is 23.2 Å². The van der Waals surface area contributed by atoms with Crippen molar-refractivity contribution in [1.29, 1.82) is 5.26 Å². The quantitative estimate of drug-likeness (QED) is 0.405. The van der Waals surface area contributed by atoms with Crippen molar-refractivity contribution in [2.75, 3.05) is 20.7 Å². The molecule has 39 heavy (non-hydrogen) atoms. The van der Waals surface area contributed by atoms with Gasteiger partial charge in [-0.3, -0.25) is 4.79 Å². The Balaban J connectivity index is 1.72. The normalized spacial score (nSPS) is 14.8. The number of carbonyl (C=O) groups excluding carboxylic acids is 1. The second kappa shape index (κ2) is 12.0. The highest BCUT2D eigenvalue weighted by atomic mass is 16.6. The van der Waals surface area contributed by atoms with Crippen LogP contribution in [0, 0.1) is 11.3 Å². The number of rotatable bonds is 9. The third-order valence-electron chi connectivity index (χ3n) is 5.80. The molecule has 3 aromatic rings. The Labute approximate surface area is 227 Å². The summed E-state index contributed by atoms with van der Waals surface area (Å²) in [4.78, 5) is 18.7. The van der Waals surface area contributed by atoms with Gasteiger partial charge in [-0.25, -0.2) is 15.8 Å². The van der Waals surface area contributed by atoms with Crippen LogP contribution in [0.2, 0.25) is 0 Å². The van der Waals surface area contributed by atoms with E-state index in [9.17, 15) is 10.1 Å². The maximum Gasteiger partial charge on any atom is 0.286 e. The fourth-order valence-corrected chi connectivity index (χ4v) is 3.87. The number of allylic oxidation sites excluding steroid dienone is 1. The molecule has 10 heteroatoms. The SMILES string of the molecule is CCOc1ccc(C#N)cc1OC1N=C(Cc2ccccc2)C(N)=C(Oc2cccc(C(=O)N(C)C)c2)N1N. The lowest BCUT2D eigenvalue weighted by atomic mass is 10.1. The van der Waals surface area contributed by atoms with Crippen molar-refractivity contribution in [2.45, 2.75) is 19.7 Å². The molecule has 0 bridgehead atoms. The molecular formula is C29H30N6O4. The van der Waals surface area contributed by atoms with E-state index >= 15 is 0 Å². The Hall–Kier alpha value is -5.01. The summed E-state index contributed by atoms with van der Waals surface area (Å²) in [5.74, 6) is 7.47. The lowest BCUT2D eigenvalue weighted by molar-refractivity contribution is 0.0205. The van der Waals surface area contributed by atoms with E-state index in [1.807, 2.05) is 37.3 Å². The van der Waals surface area contributed by atoms with Crippen molar-refractivity contribution >= 4 is 11.6 Å². The second-order valence-electron chi connectivity index (χ2n) is 8.84. The summed E-state index contributed by atoms with van der Waals surface area (Å²) in [6.07, 6.45) is -0.700. The summed E-state index contributed by atoms with van der Waals surface area (Å²) in [6.45, 7) is 2.24.